The molecule has 2 aromatic rings. The van der Waals surface area contributed by atoms with Gasteiger partial charge in [-0.15, -0.1) is 0 Å². The van der Waals surface area contributed by atoms with E-state index in [0.29, 0.717) is 36.1 Å². The largest absolute Gasteiger partial charge is 0.490 e. The maximum atomic E-state index is 12.6. The van der Waals surface area contributed by atoms with Gasteiger partial charge in [0.25, 0.3) is 5.91 Å². The lowest BCUT2D eigenvalue weighted by Crippen LogP contribution is -2.30. The number of carboxylic acids is 1. The zero-order valence-electron chi connectivity index (χ0n) is 16.5. The Morgan fingerprint density at radius 2 is 1.75 bits per heavy atom. The van der Waals surface area contributed by atoms with E-state index in [-0.39, 0.29) is 11.8 Å². The molecule has 2 N–H and O–H groups in total. The fourth-order valence-corrected chi connectivity index (χ4v) is 2.92. The first-order valence-electron chi connectivity index (χ1n) is 9.37. The first kappa shape index (κ1) is 21.3. The van der Waals surface area contributed by atoms with E-state index in [1.165, 1.54) is 5.56 Å². The number of hydrogen-bond acceptors (Lipinski definition) is 4. The molecule has 0 spiro atoms. The number of amides is 1. The standard InChI is InChI=1S/C22H27NO5/c1-4-27-20-12-17(10-11-19(20)28-14-21(24)25)22(26)23-13-18(15(2)3)16-8-6-5-7-9-16/h5-12,15,18H,4,13-14H2,1-3H3,(H,23,26)(H,24,25). The van der Waals surface area contributed by atoms with E-state index in [2.05, 4.69) is 31.3 Å². The van der Waals surface area contributed by atoms with Gasteiger partial charge in [0.1, 0.15) is 0 Å². The minimum absolute atomic E-state index is 0.203. The smallest absolute Gasteiger partial charge is 0.341 e. The van der Waals surface area contributed by atoms with Gasteiger partial charge in [-0.05, 0) is 36.6 Å². The summed E-state index contributed by atoms with van der Waals surface area (Å²) in [7, 11) is 0. The molecular weight excluding hydrogens is 358 g/mol. The molecule has 6 heteroatoms. The van der Waals surface area contributed by atoms with Gasteiger partial charge in [0, 0.05) is 18.0 Å². The zero-order chi connectivity index (χ0) is 20.5. The number of nitrogens with one attached hydrogen (secondary N) is 1. The van der Waals surface area contributed by atoms with E-state index in [1.54, 1.807) is 25.1 Å². The zero-order valence-corrected chi connectivity index (χ0v) is 16.5. The van der Waals surface area contributed by atoms with Crippen LogP contribution in [0.4, 0.5) is 0 Å². The summed E-state index contributed by atoms with van der Waals surface area (Å²) in [5, 5.41) is 11.8. The highest BCUT2D eigenvalue weighted by atomic mass is 16.5. The van der Waals surface area contributed by atoms with Gasteiger partial charge in [-0.3, -0.25) is 4.79 Å². The molecule has 28 heavy (non-hydrogen) atoms. The maximum absolute atomic E-state index is 12.6. The highest BCUT2D eigenvalue weighted by molar-refractivity contribution is 5.95. The first-order chi connectivity index (χ1) is 13.4. The predicted molar refractivity (Wildman–Crippen MR) is 107 cm³/mol. The van der Waals surface area contributed by atoms with Crippen LogP contribution in [0.15, 0.2) is 48.5 Å². The Bertz CT molecular complexity index is 789. The van der Waals surface area contributed by atoms with Crippen molar-refractivity contribution in [3.05, 3.63) is 59.7 Å². The van der Waals surface area contributed by atoms with Crippen molar-refractivity contribution in [2.75, 3.05) is 19.8 Å². The van der Waals surface area contributed by atoms with Gasteiger partial charge in [-0.1, -0.05) is 44.2 Å². The van der Waals surface area contributed by atoms with Crippen molar-refractivity contribution in [1.29, 1.82) is 0 Å². The Morgan fingerprint density at radius 3 is 2.36 bits per heavy atom. The van der Waals surface area contributed by atoms with Crippen molar-refractivity contribution < 1.29 is 24.2 Å². The molecule has 0 aliphatic carbocycles. The molecule has 0 bridgehead atoms. The van der Waals surface area contributed by atoms with E-state index < -0.39 is 12.6 Å². The van der Waals surface area contributed by atoms with Crippen LogP contribution in [0.5, 0.6) is 11.5 Å². The molecule has 2 aromatic carbocycles. The predicted octanol–water partition coefficient (Wildman–Crippen LogP) is 3.72. The monoisotopic (exact) mass is 385 g/mol. The van der Waals surface area contributed by atoms with Gasteiger partial charge >= 0.3 is 5.97 Å². The third-order valence-electron chi connectivity index (χ3n) is 4.37. The average molecular weight is 385 g/mol. The van der Waals surface area contributed by atoms with Gasteiger partial charge in [0.15, 0.2) is 18.1 Å². The van der Waals surface area contributed by atoms with Gasteiger partial charge in [0.05, 0.1) is 6.61 Å². The molecule has 1 atom stereocenters. The van der Waals surface area contributed by atoms with Crippen LogP contribution in [-0.2, 0) is 4.79 Å². The van der Waals surface area contributed by atoms with E-state index in [1.807, 2.05) is 18.2 Å². The van der Waals surface area contributed by atoms with Gasteiger partial charge < -0.3 is 19.9 Å². The average Bonchev–Trinajstić information content (AvgIpc) is 2.67. The van der Waals surface area contributed by atoms with E-state index in [0.717, 1.165) is 0 Å². The number of hydrogen-bond donors (Lipinski definition) is 2. The Morgan fingerprint density at radius 1 is 1.04 bits per heavy atom. The Kier molecular flexibility index (Phi) is 7.87. The van der Waals surface area contributed by atoms with Crippen LogP contribution in [0.25, 0.3) is 0 Å². The number of ether oxygens (including phenoxy) is 2. The number of aliphatic carboxylic acids is 1. The Labute approximate surface area is 165 Å². The Hall–Kier alpha value is -3.02. The lowest BCUT2D eigenvalue weighted by molar-refractivity contribution is -0.139. The summed E-state index contributed by atoms with van der Waals surface area (Å²) in [6.45, 7) is 6.48. The second kappa shape index (κ2) is 10.3. The third kappa shape index (κ3) is 6.01. The number of rotatable bonds is 10. The van der Waals surface area contributed by atoms with Crippen LogP contribution in [0.3, 0.4) is 0 Å². The highest BCUT2D eigenvalue weighted by Gasteiger charge is 2.18. The van der Waals surface area contributed by atoms with Crippen molar-refractivity contribution in [3.8, 4) is 11.5 Å². The topological polar surface area (TPSA) is 84.9 Å². The number of carbonyl (C=O) groups excluding carboxylic acids is 1. The minimum Gasteiger partial charge on any atom is -0.490 e. The SMILES string of the molecule is CCOc1cc(C(=O)NCC(c2ccccc2)C(C)C)ccc1OCC(=O)O. The van der Waals surface area contributed by atoms with Crippen molar-refractivity contribution >= 4 is 11.9 Å². The first-order valence-corrected chi connectivity index (χ1v) is 9.37. The van der Waals surface area contributed by atoms with Crippen LogP contribution >= 0.6 is 0 Å². The molecule has 2 rings (SSSR count). The normalized spacial score (nSPS) is 11.7. The summed E-state index contributed by atoms with van der Waals surface area (Å²) in [5.41, 5.74) is 1.62. The van der Waals surface area contributed by atoms with Crippen LogP contribution < -0.4 is 14.8 Å². The summed E-state index contributed by atoms with van der Waals surface area (Å²) in [6.07, 6.45) is 0. The van der Waals surface area contributed by atoms with Gasteiger partial charge in [0.2, 0.25) is 0 Å². The van der Waals surface area contributed by atoms with Crippen molar-refractivity contribution in [1.82, 2.24) is 5.32 Å². The summed E-state index contributed by atoms with van der Waals surface area (Å²) in [5.74, 6) is -0.0783. The van der Waals surface area contributed by atoms with Crippen molar-refractivity contribution in [3.63, 3.8) is 0 Å². The quantitative estimate of drug-likeness (QED) is 0.651. The van der Waals surface area contributed by atoms with Crippen LogP contribution in [0, 0.1) is 5.92 Å². The van der Waals surface area contributed by atoms with Crippen LogP contribution in [0.2, 0.25) is 0 Å². The lowest BCUT2D eigenvalue weighted by atomic mass is 9.88. The molecule has 1 unspecified atom stereocenters. The number of carboxylic acid groups (broad SMARTS) is 1. The Balaban J connectivity index is 2.10. The molecule has 0 saturated heterocycles. The molecule has 6 nitrogen and oxygen atoms in total. The molecule has 0 aliphatic heterocycles. The summed E-state index contributed by atoms with van der Waals surface area (Å²) >= 11 is 0. The second-order valence-electron chi connectivity index (χ2n) is 6.75. The molecule has 0 radical (unpaired) electrons. The van der Waals surface area contributed by atoms with Crippen molar-refractivity contribution in [2.45, 2.75) is 26.7 Å². The second-order valence-corrected chi connectivity index (χ2v) is 6.75. The molecule has 0 fully saturated rings. The molecule has 0 saturated carbocycles. The van der Waals surface area contributed by atoms with E-state index in [9.17, 15) is 9.59 Å². The van der Waals surface area contributed by atoms with E-state index >= 15 is 0 Å². The third-order valence-corrected chi connectivity index (χ3v) is 4.37. The van der Waals surface area contributed by atoms with E-state index in [4.69, 9.17) is 14.6 Å². The number of carbonyl (C=O) groups is 2. The minimum atomic E-state index is -1.08. The lowest BCUT2D eigenvalue weighted by Gasteiger charge is -2.22. The van der Waals surface area contributed by atoms with Crippen LogP contribution in [-0.4, -0.2) is 36.7 Å². The molecule has 0 aliphatic rings. The fraction of sp³-hybridized carbons (Fsp3) is 0.364. The molecular formula is C22H27NO5. The summed E-state index contributed by atoms with van der Waals surface area (Å²) < 4.78 is 10.7. The summed E-state index contributed by atoms with van der Waals surface area (Å²) in [6, 6.07) is 14.8. The van der Waals surface area contributed by atoms with Gasteiger partial charge in [-0.2, -0.15) is 0 Å². The summed E-state index contributed by atoms with van der Waals surface area (Å²) in [4.78, 5) is 23.3. The number of benzene rings is 2. The van der Waals surface area contributed by atoms with Crippen LogP contribution in [0.1, 0.15) is 42.6 Å². The maximum Gasteiger partial charge on any atom is 0.341 e. The molecule has 150 valence electrons. The molecule has 1 amide bonds. The molecule has 0 aromatic heterocycles. The highest BCUT2D eigenvalue weighted by Crippen LogP contribution is 2.29. The molecule has 0 heterocycles. The van der Waals surface area contributed by atoms with Crippen molar-refractivity contribution in [2.24, 2.45) is 5.92 Å². The van der Waals surface area contributed by atoms with Gasteiger partial charge in [-0.25, -0.2) is 4.79 Å². The fourth-order valence-electron chi connectivity index (χ4n) is 2.92.